The van der Waals surface area contributed by atoms with Gasteiger partial charge >= 0.3 is 0 Å². The lowest BCUT2D eigenvalue weighted by molar-refractivity contribution is -0.0585. The van der Waals surface area contributed by atoms with Gasteiger partial charge in [0.1, 0.15) is 0 Å². The number of nitrogens with one attached hydrogen (secondary N) is 1. The minimum atomic E-state index is 0.819. The molecule has 2 nitrogen and oxygen atoms in total. The van der Waals surface area contributed by atoms with Crippen molar-refractivity contribution in [2.45, 2.75) is 38.1 Å². The molecule has 0 aromatic rings. The highest BCUT2D eigenvalue weighted by Gasteiger charge is 2.46. The summed E-state index contributed by atoms with van der Waals surface area (Å²) in [5.41, 5.74) is 0.819. The number of likely N-dealkylation sites (tertiary alicyclic amines) is 1. The van der Waals surface area contributed by atoms with Crippen molar-refractivity contribution in [2.75, 3.05) is 26.2 Å². The average Bonchev–Trinajstić information content (AvgIpc) is 2.73. The first-order valence-corrected chi connectivity index (χ1v) is 5.82. The Morgan fingerprint density at radius 1 is 1.23 bits per heavy atom. The Kier molecular flexibility index (Phi) is 1.88. The molecule has 0 unspecified atom stereocenters. The van der Waals surface area contributed by atoms with Gasteiger partial charge in [-0.15, -0.1) is 0 Å². The molecule has 0 aromatic carbocycles. The summed E-state index contributed by atoms with van der Waals surface area (Å²) in [6, 6.07) is 0.888. The van der Waals surface area contributed by atoms with E-state index in [0.29, 0.717) is 0 Å². The number of hydrogen-bond acceptors (Lipinski definition) is 2. The van der Waals surface area contributed by atoms with E-state index in [4.69, 9.17) is 0 Å². The first-order chi connectivity index (χ1) is 6.36. The van der Waals surface area contributed by atoms with Gasteiger partial charge in [0.2, 0.25) is 0 Å². The van der Waals surface area contributed by atoms with E-state index in [-0.39, 0.29) is 0 Å². The molecular formula is C11H20N2. The lowest BCUT2D eigenvalue weighted by atomic mass is 9.63. The molecular weight excluding hydrogens is 160 g/mol. The van der Waals surface area contributed by atoms with Crippen LogP contribution in [0.3, 0.4) is 0 Å². The fourth-order valence-electron chi connectivity index (χ4n) is 2.77. The topological polar surface area (TPSA) is 15.3 Å². The van der Waals surface area contributed by atoms with Crippen molar-refractivity contribution in [3.8, 4) is 0 Å². The lowest BCUT2D eigenvalue weighted by Gasteiger charge is -2.56. The van der Waals surface area contributed by atoms with Crippen molar-refractivity contribution >= 4 is 0 Å². The average molecular weight is 180 g/mol. The zero-order chi connectivity index (χ0) is 8.73. The van der Waals surface area contributed by atoms with E-state index in [9.17, 15) is 0 Å². The Morgan fingerprint density at radius 2 is 2.00 bits per heavy atom. The van der Waals surface area contributed by atoms with Gasteiger partial charge in [0.15, 0.2) is 0 Å². The van der Waals surface area contributed by atoms with Gasteiger partial charge in [-0.25, -0.2) is 0 Å². The van der Waals surface area contributed by atoms with Gasteiger partial charge < -0.3 is 10.2 Å². The van der Waals surface area contributed by atoms with E-state index in [2.05, 4.69) is 10.2 Å². The smallest absolute Gasteiger partial charge is 0.0107 e. The van der Waals surface area contributed by atoms with Crippen LogP contribution in [0.2, 0.25) is 0 Å². The molecule has 13 heavy (non-hydrogen) atoms. The zero-order valence-corrected chi connectivity index (χ0v) is 8.39. The summed E-state index contributed by atoms with van der Waals surface area (Å²) in [6.45, 7) is 5.32. The molecule has 2 heteroatoms. The largest absolute Gasteiger partial charge is 0.313 e. The van der Waals surface area contributed by atoms with Crippen LogP contribution in [0.1, 0.15) is 32.1 Å². The molecule has 74 valence electrons. The summed E-state index contributed by atoms with van der Waals surface area (Å²) in [5, 5.41) is 3.58. The van der Waals surface area contributed by atoms with Crippen LogP contribution in [0.25, 0.3) is 0 Å². The minimum absolute atomic E-state index is 0.819. The molecule has 3 rings (SSSR count). The molecule has 2 aliphatic carbocycles. The minimum Gasteiger partial charge on any atom is -0.313 e. The number of rotatable bonds is 4. The SMILES string of the molecule is C1CC2(C1)CN(CCNC1CC1)C2. The third-order valence-electron chi connectivity index (χ3n) is 3.97. The van der Waals surface area contributed by atoms with Crippen LogP contribution in [0.15, 0.2) is 0 Å². The summed E-state index contributed by atoms with van der Waals surface area (Å²) in [5.74, 6) is 0. The first-order valence-electron chi connectivity index (χ1n) is 5.82. The van der Waals surface area contributed by atoms with Crippen LogP contribution in [0.4, 0.5) is 0 Å². The highest BCUT2D eigenvalue weighted by atomic mass is 15.2. The van der Waals surface area contributed by atoms with Crippen LogP contribution < -0.4 is 5.32 Å². The van der Waals surface area contributed by atoms with Gasteiger partial charge in [-0.2, -0.15) is 0 Å². The summed E-state index contributed by atoms with van der Waals surface area (Å²) < 4.78 is 0. The summed E-state index contributed by atoms with van der Waals surface area (Å²) >= 11 is 0. The number of hydrogen-bond donors (Lipinski definition) is 1. The normalized spacial score (nSPS) is 31.4. The molecule has 0 radical (unpaired) electrons. The van der Waals surface area contributed by atoms with Crippen molar-refractivity contribution in [3.63, 3.8) is 0 Å². The van der Waals surface area contributed by atoms with Crippen LogP contribution in [0.5, 0.6) is 0 Å². The fourth-order valence-corrected chi connectivity index (χ4v) is 2.77. The predicted molar refractivity (Wildman–Crippen MR) is 53.7 cm³/mol. The second kappa shape index (κ2) is 2.96. The van der Waals surface area contributed by atoms with Gasteiger partial charge in [-0.1, -0.05) is 6.42 Å². The number of nitrogens with zero attached hydrogens (tertiary/aromatic N) is 1. The first kappa shape index (κ1) is 8.25. The van der Waals surface area contributed by atoms with Crippen molar-refractivity contribution in [2.24, 2.45) is 5.41 Å². The third-order valence-corrected chi connectivity index (χ3v) is 3.97. The van der Waals surface area contributed by atoms with E-state index < -0.39 is 0 Å². The highest BCUT2D eigenvalue weighted by molar-refractivity contribution is 5.00. The Morgan fingerprint density at radius 3 is 2.54 bits per heavy atom. The quantitative estimate of drug-likeness (QED) is 0.700. The molecule has 1 N–H and O–H groups in total. The molecule has 3 aliphatic rings. The molecule has 2 saturated carbocycles. The second-order valence-electron chi connectivity index (χ2n) is 5.29. The maximum absolute atomic E-state index is 3.58. The molecule has 1 saturated heterocycles. The monoisotopic (exact) mass is 180 g/mol. The fraction of sp³-hybridized carbons (Fsp3) is 1.00. The third kappa shape index (κ3) is 1.62. The predicted octanol–water partition coefficient (Wildman–Crippen LogP) is 1.22. The maximum atomic E-state index is 3.58. The van der Waals surface area contributed by atoms with Gasteiger partial charge in [-0.3, -0.25) is 0 Å². The Balaban J connectivity index is 1.30. The van der Waals surface area contributed by atoms with E-state index in [1.54, 1.807) is 0 Å². The second-order valence-corrected chi connectivity index (χ2v) is 5.29. The van der Waals surface area contributed by atoms with Crippen molar-refractivity contribution < 1.29 is 0 Å². The summed E-state index contributed by atoms with van der Waals surface area (Å²) in [4.78, 5) is 2.62. The van der Waals surface area contributed by atoms with Gasteiger partial charge in [0.25, 0.3) is 0 Å². The van der Waals surface area contributed by atoms with Gasteiger partial charge in [-0.05, 0) is 31.1 Å². The Hall–Kier alpha value is -0.0800. The van der Waals surface area contributed by atoms with Crippen molar-refractivity contribution in [1.82, 2.24) is 10.2 Å². The lowest BCUT2D eigenvalue weighted by Crippen LogP contribution is -2.60. The van der Waals surface area contributed by atoms with Crippen LogP contribution >= 0.6 is 0 Å². The van der Waals surface area contributed by atoms with E-state index in [1.807, 2.05) is 0 Å². The van der Waals surface area contributed by atoms with E-state index in [0.717, 1.165) is 11.5 Å². The zero-order valence-electron chi connectivity index (χ0n) is 8.39. The van der Waals surface area contributed by atoms with Crippen molar-refractivity contribution in [1.29, 1.82) is 0 Å². The van der Waals surface area contributed by atoms with Crippen LogP contribution in [-0.2, 0) is 0 Å². The Labute approximate surface area is 80.7 Å². The molecule has 0 amide bonds. The highest BCUT2D eigenvalue weighted by Crippen LogP contribution is 2.47. The Bertz CT molecular complexity index is 186. The standard InChI is InChI=1S/C11H20N2/c1-4-11(5-1)8-13(9-11)7-6-12-10-2-3-10/h10,12H,1-9H2. The van der Waals surface area contributed by atoms with E-state index >= 15 is 0 Å². The van der Waals surface area contributed by atoms with Gasteiger partial charge in [0, 0.05) is 32.2 Å². The maximum Gasteiger partial charge on any atom is 0.0107 e. The molecule has 1 aliphatic heterocycles. The molecule has 3 fully saturated rings. The molecule has 0 atom stereocenters. The molecule has 0 bridgehead atoms. The summed E-state index contributed by atoms with van der Waals surface area (Å²) in [7, 11) is 0. The summed E-state index contributed by atoms with van der Waals surface area (Å²) in [6.07, 6.45) is 7.36. The van der Waals surface area contributed by atoms with Crippen LogP contribution in [-0.4, -0.2) is 37.1 Å². The molecule has 1 spiro atoms. The molecule has 1 heterocycles. The van der Waals surface area contributed by atoms with Crippen LogP contribution in [0, 0.1) is 5.41 Å². The molecule has 0 aromatic heterocycles. The van der Waals surface area contributed by atoms with Crippen molar-refractivity contribution in [3.05, 3.63) is 0 Å². The van der Waals surface area contributed by atoms with Gasteiger partial charge in [0.05, 0.1) is 0 Å². The van der Waals surface area contributed by atoms with E-state index in [1.165, 1.54) is 58.3 Å².